The van der Waals surface area contributed by atoms with Crippen LogP contribution < -0.4 is 5.73 Å². The fourth-order valence-electron chi connectivity index (χ4n) is 1.25. The standard InChI is InChI=1S/C6H13IN2O/c1-10-4-6-2-5(8)3-9(6)7/h5-6H,2-4,8H2,1H3. The third-order valence-electron chi connectivity index (χ3n) is 1.74. The maximum Gasteiger partial charge on any atom is 0.0626 e. The Bertz CT molecular complexity index is 112. The van der Waals surface area contributed by atoms with Crippen LogP contribution in [0.4, 0.5) is 0 Å². The largest absolute Gasteiger partial charge is 0.383 e. The summed E-state index contributed by atoms with van der Waals surface area (Å²) in [7, 11) is 1.73. The summed E-state index contributed by atoms with van der Waals surface area (Å²) < 4.78 is 7.27. The van der Waals surface area contributed by atoms with Gasteiger partial charge in [0, 0.05) is 48.6 Å². The number of ether oxygens (including phenoxy) is 1. The van der Waals surface area contributed by atoms with E-state index in [1.165, 1.54) is 0 Å². The lowest BCUT2D eigenvalue weighted by atomic mass is 10.2. The predicted octanol–water partition coefficient (Wildman–Crippen LogP) is 0.384. The molecule has 60 valence electrons. The summed E-state index contributed by atoms with van der Waals surface area (Å²) in [6.45, 7) is 1.80. The van der Waals surface area contributed by atoms with Crippen molar-refractivity contribution in [1.82, 2.24) is 3.11 Å². The molecule has 0 aromatic rings. The second kappa shape index (κ2) is 3.85. The van der Waals surface area contributed by atoms with Crippen LogP contribution in [0.5, 0.6) is 0 Å². The molecule has 0 aromatic carbocycles. The molecule has 0 saturated carbocycles. The van der Waals surface area contributed by atoms with Gasteiger partial charge in [-0.25, -0.2) is 3.11 Å². The third kappa shape index (κ3) is 2.05. The van der Waals surface area contributed by atoms with E-state index in [9.17, 15) is 0 Å². The molecule has 0 aliphatic carbocycles. The summed E-state index contributed by atoms with van der Waals surface area (Å²) >= 11 is 2.31. The first-order valence-electron chi connectivity index (χ1n) is 3.41. The summed E-state index contributed by atoms with van der Waals surface area (Å²) in [5, 5.41) is 0. The maximum atomic E-state index is 5.74. The van der Waals surface area contributed by atoms with E-state index < -0.39 is 0 Å². The highest BCUT2D eigenvalue weighted by Gasteiger charge is 2.27. The molecule has 3 nitrogen and oxygen atoms in total. The van der Waals surface area contributed by atoms with Crippen molar-refractivity contribution in [2.75, 3.05) is 20.3 Å². The lowest BCUT2D eigenvalue weighted by Gasteiger charge is -2.14. The van der Waals surface area contributed by atoms with Crippen LogP contribution in [-0.2, 0) is 4.74 Å². The lowest BCUT2D eigenvalue weighted by Crippen LogP contribution is -2.23. The van der Waals surface area contributed by atoms with Gasteiger partial charge in [-0.05, 0) is 6.42 Å². The second-order valence-corrected chi connectivity index (χ2v) is 3.93. The molecule has 1 aliphatic heterocycles. The van der Waals surface area contributed by atoms with E-state index in [1.807, 2.05) is 0 Å². The smallest absolute Gasteiger partial charge is 0.0626 e. The summed E-state index contributed by atoms with van der Waals surface area (Å²) in [6, 6.07) is 0.873. The van der Waals surface area contributed by atoms with Crippen molar-refractivity contribution < 1.29 is 4.74 Å². The predicted molar refractivity (Wildman–Crippen MR) is 49.0 cm³/mol. The first-order valence-corrected chi connectivity index (χ1v) is 4.37. The Morgan fingerprint density at radius 1 is 1.80 bits per heavy atom. The van der Waals surface area contributed by atoms with Crippen LogP contribution in [0.25, 0.3) is 0 Å². The molecule has 0 spiro atoms. The topological polar surface area (TPSA) is 38.5 Å². The first-order chi connectivity index (χ1) is 4.74. The average molecular weight is 256 g/mol. The number of halogens is 1. The molecule has 4 heteroatoms. The summed E-state index contributed by atoms with van der Waals surface area (Å²) in [4.78, 5) is 0. The third-order valence-corrected chi connectivity index (χ3v) is 2.92. The van der Waals surface area contributed by atoms with Gasteiger partial charge in [0.25, 0.3) is 0 Å². The fraction of sp³-hybridized carbons (Fsp3) is 1.00. The molecule has 2 unspecified atom stereocenters. The zero-order valence-electron chi connectivity index (χ0n) is 6.09. The number of hydrogen-bond donors (Lipinski definition) is 1. The number of nitrogens with zero attached hydrogens (tertiary/aromatic N) is 1. The van der Waals surface area contributed by atoms with Gasteiger partial charge in [0.15, 0.2) is 0 Å². The number of nitrogens with two attached hydrogens (primary N) is 1. The Morgan fingerprint density at radius 2 is 2.50 bits per heavy atom. The van der Waals surface area contributed by atoms with E-state index in [-0.39, 0.29) is 0 Å². The van der Waals surface area contributed by atoms with Gasteiger partial charge in [0.05, 0.1) is 6.61 Å². The Balaban J connectivity index is 2.31. The minimum absolute atomic E-state index is 0.344. The van der Waals surface area contributed by atoms with E-state index in [1.54, 1.807) is 7.11 Å². The minimum atomic E-state index is 0.344. The zero-order chi connectivity index (χ0) is 7.56. The average Bonchev–Trinajstić information content (AvgIpc) is 2.13. The Kier molecular flexibility index (Phi) is 3.35. The van der Waals surface area contributed by atoms with Gasteiger partial charge < -0.3 is 10.5 Å². The highest BCUT2D eigenvalue weighted by atomic mass is 127. The fourth-order valence-corrected chi connectivity index (χ4v) is 2.15. The van der Waals surface area contributed by atoms with Crippen LogP contribution in [0.2, 0.25) is 0 Å². The van der Waals surface area contributed by atoms with Gasteiger partial charge in [0.1, 0.15) is 0 Å². The van der Waals surface area contributed by atoms with Crippen molar-refractivity contribution >= 4 is 22.9 Å². The van der Waals surface area contributed by atoms with Gasteiger partial charge in [-0.3, -0.25) is 0 Å². The molecular weight excluding hydrogens is 243 g/mol. The van der Waals surface area contributed by atoms with Crippen LogP contribution in [0.15, 0.2) is 0 Å². The molecule has 10 heavy (non-hydrogen) atoms. The molecule has 2 N–H and O–H groups in total. The van der Waals surface area contributed by atoms with Crippen molar-refractivity contribution in [1.29, 1.82) is 0 Å². The lowest BCUT2D eigenvalue weighted by molar-refractivity contribution is 0.157. The van der Waals surface area contributed by atoms with E-state index in [0.29, 0.717) is 12.1 Å². The SMILES string of the molecule is COCC1CC(N)CN1I. The first kappa shape index (κ1) is 8.70. The summed E-state index contributed by atoms with van der Waals surface area (Å²) in [5.74, 6) is 0. The molecule has 2 atom stereocenters. The Labute approximate surface area is 75.4 Å². The van der Waals surface area contributed by atoms with E-state index in [2.05, 4.69) is 26.0 Å². The van der Waals surface area contributed by atoms with Gasteiger partial charge in [-0.2, -0.15) is 0 Å². The minimum Gasteiger partial charge on any atom is -0.383 e. The Morgan fingerprint density at radius 3 is 2.90 bits per heavy atom. The molecule has 1 aliphatic rings. The van der Waals surface area contributed by atoms with Crippen LogP contribution >= 0.6 is 22.9 Å². The number of rotatable bonds is 2. The van der Waals surface area contributed by atoms with Gasteiger partial charge in [0.2, 0.25) is 0 Å². The molecule has 0 aromatic heterocycles. The molecule has 1 heterocycles. The van der Waals surface area contributed by atoms with Crippen molar-refractivity contribution in [2.45, 2.75) is 18.5 Å². The summed E-state index contributed by atoms with van der Waals surface area (Å²) in [6.07, 6.45) is 1.07. The molecule has 0 radical (unpaired) electrons. The maximum absolute atomic E-state index is 5.74. The van der Waals surface area contributed by atoms with Crippen molar-refractivity contribution in [2.24, 2.45) is 5.73 Å². The van der Waals surface area contributed by atoms with Crippen LogP contribution in [-0.4, -0.2) is 35.5 Å². The number of hydrogen-bond acceptors (Lipinski definition) is 3. The van der Waals surface area contributed by atoms with E-state index in [4.69, 9.17) is 10.5 Å². The van der Waals surface area contributed by atoms with Gasteiger partial charge in [-0.1, -0.05) is 0 Å². The van der Waals surface area contributed by atoms with Gasteiger partial charge in [-0.15, -0.1) is 0 Å². The highest BCUT2D eigenvalue weighted by Crippen LogP contribution is 2.20. The van der Waals surface area contributed by atoms with Crippen LogP contribution in [0.3, 0.4) is 0 Å². The van der Waals surface area contributed by atoms with E-state index in [0.717, 1.165) is 19.6 Å². The monoisotopic (exact) mass is 256 g/mol. The van der Waals surface area contributed by atoms with Crippen LogP contribution in [0.1, 0.15) is 6.42 Å². The Hall–Kier alpha value is 0.610. The summed E-state index contributed by atoms with van der Waals surface area (Å²) in [5.41, 5.74) is 5.74. The molecule has 1 fully saturated rings. The van der Waals surface area contributed by atoms with E-state index >= 15 is 0 Å². The molecule has 0 bridgehead atoms. The van der Waals surface area contributed by atoms with Crippen LogP contribution in [0, 0.1) is 0 Å². The van der Waals surface area contributed by atoms with Crippen molar-refractivity contribution in [3.8, 4) is 0 Å². The molecular formula is C6H13IN2O. The van der Waals surface area contributed by atoms with Crippen molar-refractivity contribution in [3.63, 3.8) is 0 Å². The number of methoxy groups -OCH3 is 1. The normalized spacial score (nSPS) is 35.1. The molecule has 1 rings (SSSR count). The highest BCUT2D eigenvalue weighted by molar-refractivity contribution is 14.1. The van der Waals surface area contributed by atoms with Crippen molar-refractivity contribution in [3.05, 3.63) is 0 Å². The zero-order valence-corrected chi connectivity index (χ0v) is 8.24. The van der Waals surface area contributed by atoms with Gasteiger partial charge >= 0.3 is 0 Å². The molecule has 0 amide bonds. The second-order valence-electron chi connectivity index (χ2n) is 2.69. The quantitative estimate of drug-likeness (QED) is 0.573. The molecule has 1 saturated heterocycles.